The molecule has 19 heavy (non-hydrogen) atoms. The van der Waals surface area contributed by atoms with Crippen molar-refractivity contribution in [2.45, 2.75) is 32.6 Å². The summed E-state index contributed by atoms with van der Waals surface area (Å²) in [5.41, 5.74) is 3.21. The number of ether oxygens (including phenoxy) is 1. The zero-order chi connectivity index (χ0) is 13.1. The number of hydrogen-bond acceptors (Lipinski definition) is 3. The van der Waals surface area contributed by atoms with E-state index in [1.807, 2.05) is 34.9 Å². The quantitative estimate of drug-likeness (QED) is 0.841. The predicted octanol–water partition coefficient (Wildman–Crippen LogP) is 2.12. The molecule has 0 saturated carbocycles. The van der Waals surface area contributed by atoms with Crippen molar-refractivity contribution in [1.29, 1.82) is 0 Å². The van der Waals surface area contributed by atoms with Gasteiger partial charge in [0.1, 0.15) is 12.5 Å². The zero-order valence-corrected chi connectivity index (χ0v) is 10.7. The first-order valence-electron chi connectivity index (χ1n) is 6.49. The average Bonchev–Trinajstić information content (AvgIpc) is 2.83. The third kappa shape index (κ3) is 2.74. The van der Waals surface area contributed by atoms with Crippen molar-refractivity contribution in [3.8, 4) is 0 Å². The van der Waals surface area contributed by atoms with Gasteiger partial charge >= 0.3 is 0 Å². The van der Waals surface area contributed by atoms with E-state index in [1.54, 1.807) is 6.33 Å². The minimum atomic E-state index is 0.289. The highest BCUT2D eigenvalue weighted by Crippen LogP contribution is 2.18. The smallest absolute Gasteiger partial charge is 0.139 e. The Morgan fingerprint density at radius 2 is 2.05 bits per heavy atom. The van der Waals surface area contributed by atoms with Crippen LogP contribution in [0.3, 0.4) is 0 Å². The standard InChI is InChI=1S/C15H16N2O2/c18-13-6-7-14-15(8-13)17(10-16-14)11-19-9-12-4-2-1-3-5-12/h1-5,10H,6-9,11H2. The fourth-order valence-corrected chi connectivity index (χ4v) is 2.34. The predicted molar refractivity (Wildman–Crippen MR) is 70.5 cm³/mol. The van der Waals surface area contributed by atoms with Gasteiger partial charge in [-0.2, -0.15) is 0 Å². The maximum Gasteiger partial charge on any atom is 0.139 e. The molecular weight excluding hydrogens is 240 g/mol. The number of carbonyl (C=O) groups is 1. The number of ketones is 1. The molecule has 2 aromatic rings. The highest BCUT2D eigenvalue weighted by atomic mass is 16.5. The van der Waals surface area contributed by atoms with Gasteiger partial charge in [0.15, 0.2) is 0 Å². The van der Waals surface area contributed by atoms with Crippen LogP contribution in [0.4, 0.5) is 0 Å². The van der Waals surface area contributed by atoms with Crippen LogP contribution >= 0.6 is 0 Å². The molecule has 0 radical (unpaired) electrons. The first kappa shape index (κ1) is 12.1. The van der Waals surface area contributed by atoms with Crippen LogP contribution in [-0.2, 0) is 35.7 Å². The molecular formula is C15H16N2O2. The van der Waals surface area contributed by atoms with E-state index in [2.05, 4.69) is 4.98 Å². The van der Waals surface area contributed by atoms with Crippen molar-refractivity contribution in [3.05, 3.63) is 53.6 Å². The Bertz CT molecular complexity index is 575. The molecule has 0 saturated heterocycles. The Hall–Kier alpha value is -1.94. The van der Waals surface area contributed by atoms with E-state index in [0.717, 1.165) is 23.4 Å². The third-order valence-electron chi connectivity index (χ3n) is 3.38. The van der Waals surface area contributed by atoms with Crippen molar-refractivity contribution < 1.29 is 9.53 Å². The Balaban J connectivity index is 1.62. The molecule has 0 unspecified atom stereocenters. The number of aryl methyl sites for hydroxylation is 1. The molecule has 4 heteroatoms. The van der Waals surface area contributed by atoms with Crippen LogP contribution in [0.15, 0.2) is 36.7 Å². The van der Waals surface area contributed by atoms with E-state index in [9.17, 15) is 4.79 Å². The number of hydrogen-bond donors (Lipinski definition) is 0. The highest BCUT2D eigenvalue weighted by molar-refractivity contribution is 5.82. The number of fused-ring (bicyclic) bond motifs is 1. The summed E-state index contributed by atoms with van der Waals surface area (Å²) in [6, 6.07) is 10.0. The Kier molecular flexibility index (Phi) is 3.42. The van der Waals surface area contributed by atoms with E-state index >= 15 is 0 Å². The molecule has 1 heterocycles. The number of carbonyl (C=O) groups excluding carboxylic acids is 1. The molecule has 0 bridgehead atoms. The van der Waals surface area contributed by atoms with Crippen LogP contribution in [-0.4, -0.2) is 15.3 Å². The molecule has 1 aliphatic carbocycles. The van der Waals surface area contributed by atoms with Gasteiger partial charge in [0.2, 0.25) is 0 Å². The first-order valence-corrected chi connectivity index (χ1v) is 6.49. The molecule has 0 spiro atoms. The maximum absolute atomic E-state index is 11.5. The lowest BCUT2D eigenvalue weighted by Gasteiger charge is -2.13. The van der Waals surface area contributed by atoms with Gasteiger partial charge in [-0.05, 0) is 12.0 Å². The second-order valence-electron chi connectivity index (χ2n) is 4.79. The van der Waals surface area contributed by atoms with Gasteiger partial charge in [0, 0.05) is 12.8 Å². The summed E-state index contributed by atoms with van der Waals surface area (Å²) in [5.74, 6) is 0.289. The van der Waals surface area contributed by atoms with Crippen LogP contribution in [0, 0.1) is 0 Å². The molecule has 1 aromatic heterocycles. The van der Waals surface area contributed by atoms with Crippen LogP contribution in [0.5, 0.6) is 0 Å². The van der Waals surface area contributed by atoms with Crippen molar-refractivity contribution >= 4 is 5.78 Å². The van der Waals surface area contributed by atoms with E-state index < -0.39 is 0 Å². The van der Waals surface area contributed by atoms with Gasteiger partial charge in [0.25, 0.3) is 0 Å². The summed E-state index contributed by atoms with van der Waals surface area (Å²) in [7, 11) is 0. The normalized spacial score (nSPS) is 14.4. The molecule has 1 aromatic carbocycles. The van der Waals surface area contributed by atoms with Gasteiger partial charge in [-0.25, -0.2) is 4.98 Å². The summed E-state index contributed by atoms with van der Waals surface area (Å²) in [4.78, 5) is 15.8. The second-order valence-corrected chi connectivity index (χ2v) is 4.79. The molecule has 0 amide bonds. The van der Waals surface area contributed by atoms with Crippen LogP contribution < -0.4 is 0 Å². The van der Waals surface area contributed by atoms with Gasteiger partial charge < -0.3 is 9.30 Å². The topological polar surface area (TPSA) is 44.1 Å². The average molecular weight is 256 g/mol. The second kappa shape index (κ2) is 5.36. The van der Waals surface area contributed by atoms with Crippen LogP contribution in [0.25, 0.3) is 0 Å². The van der Waals surface area contributed by atoms with Crippen LogP contribution in [0.2, 0.25) is 0 Å². The number of aromatic nitrogens is 2. The number of Topliss-reactive ketones (excluding diaryl/α,β-unsaturated/α-hetero) is 1. The number of rotatable bonds is 4. The number of nitrogens with zero attached hydrogens (tertiary/aromatic N) is 2. The van der Waals surface area contributed by atoms with E-state index in [-0.39, 0.29) is 5.78 Å². The van der Waals surface area contributed by atoms with Crippen molar-refractivity contribution in [1.82, 2.24) is 9.55 Å². The van der Waals surface area contributed by atoms with E-state index in [1.165, 1.54) is 0 Å². The summed E-state index contributed by atoms with van der Waals surface area (Å²) in [5, 5.41) is 0. The molecule has 0 atom stereocenters. The van der Waals surface area contributed by atoms with E-state index in [4.69, 9.17) is 4.74 Å². The largest absolute Gasteiger partial charge is 0.356 e. The van der Waals surface area contributed by atoms with Crippen molar-refractivity contribution in [2.75, 3.05) is 0 Å². The van der Waals surface area contributed by atoms with Gasteiger partial charge in [-0.1, -0.05) is 30.3 Å². The Morgan fingerprint density at radius 3 is 2.89 bits per heavy atom. The zero-order valence-electron chi connectivity index (χ0n) is 10.7. The lowest BCUT2D eigenvalue weighted by Crippen LogP contribution is -2.17. The monoisotopic (exact) mass is 256 g/mol. The highest BCUT2D eigenvalue weighted by Gasteiger charge is 2.20. The van der Waals surface area contributed by atoms with Crippen LogP contribution in [0.1, 0.15) is 23.4 Å². The molecule has 1 aliphatic rings. The molecule has 0 aliphatic heterocycles. The number of benzene rings is 1. The molecule has 4 nitrogen and oxygen atoms in total. The van der Waals surface area contributed by atoms with Gasteiger partial charge in [0.05, 0.1) is 24.3 Å². The first-order chi connectivity index (χ1) is 9.33. The summed E-state index contributed by atoms with van der Waals surface area (Å²) in [6.45, 7) is 1.02. The molecule has 0 N–H and O–H groups in total. The van der Waals surface area contributed by atoms with Crippen molar-refractivity contribution in [2.24, 2.45) is 0 Å². The molecule has 0 fully saturated rings. The Morgan fingerprint density at radius 1 is 1.21 bits per heavy atom. The summed E-state index contributed by atoms with van der Waals surface area (Å²) >= 11 is 0. The minimum Gasteiger partial charge on any atom is -0.356 e. The summed E-state index contributed by atoms with van der Waals surface area (Å²) < 4.78 is 7.62. The van der Waals surface area contributed by atoms with Gasteiger partial charge in [-0.15, -0.1) is 0 Å². The summed E-state index contributed by atoms with van der Waals surface area (Å²) in [6.07, 6.45) is 3.65. The van der Waals surface area contributed by atoms with Gasteiger partial charge in [-0.3, -0.25) is 4.79 Å². The SMILES string of the molecule is O=C1CCc2ncn(COCc3ccccc3)c2C1. The fraction of sp³-hybridized carbons (Fsp3) is 0.333. The van der Waals surface area contributed by atoms with E-state index in [0.29, 0.717) is 26.2 Å². The van der Waals surface area contributed by atoms with Crippen molar-refractivity contribution in [3.63, 3.8) is 0 Å². The number of imidazole rings is 1. The molecule has 98 valence electrons. The lowest BCUT2D eigenvalue weighted by molar-refractivity contribution is -0.118. The maximum atomic E-state index is 11.5. The molecule has 3 rings (SSSR count). The fourth-order valence-electron chi connectivity index (χ4n) is 2.34. The minimum absolute atomic E-state index is 0.289. The Labute approximate surface area is 112 Å². The third-order valence-corrected chi connectivity index (χ3v) is 3.38. The lowest BCUT2D eigenvalue weighted by atomic mass is 10.00.